The largest absolute Gasteiger partial charge is 0.480 e. The van der Waals surface area contributed by atoms with Crippen LogP contribution in [0.3, 0.4) is 0 Å². The van der Waals surface area contributed by atoms with Crippen molar-refractivity contribution in [3.63, 3.8) is 0 Å². The van der Waals surface area contributed by atoms with E-state index in [1.165, 1.54) is 11.0 Å². The molecule has 98 valence electrons. The first kappa shape index (κ1) is 14.7. The van der Waals surface area contributed by atoms with Crippen LogP contribution in [-0.2, 0) is 4.79 Å². The number of nitro groups is 1. The summed E-state index contributed by atoms with van der Waals surface area (Å²) >= 11 is 1.99. The predicted octanol–water partition coefficient (Wildman–Crippen LogP) is 2.50. The van der Waals surface area contributed by atoms with E-state index in [0.717, 1.165) is 9.99 Å². The van der Waals surface area contributed by atoms with Gasteiger partial charge in [0.05, 0.1) is 4.92 Å². The lowest BCUT2D eigenvalue weighted by Crippen LogP contribution is -2.30. The van der Waals surface area contributed by atoms with Crippen molar-refractivity contribution in [2.24, 2.45) is 0 Å². The molecule has 0 aliphatic rings. The van der Waals surface area contributed by atoms with Crippen molar-refractivity contribution in [3.8, 4) is 0 Å². The third-order valence-electron chi connectivity index (χ3n) is 2.29. The summed E-state index contributed by atoms with van der Waals surface area (Å²) in [5, 5.41) is 19.8. The Balaban J connectivity index is 3.17. The molecular formula is C11H13IN2O4. The Kier molecular flexibility index (Phi) is 5.32. The van der Waals surface area contributed by atoms with Crippen LogP contribution >= 0.6 is 22.6 Å². The Bertz CT molecular complexity index is 464. The zero-order valence-corrected chi connectivity index (χ0v) is 12.0. The number of carboxylic acids is 1. The fourth-order valence-electron chi connectivity index (χ4n) is 1.63. The number of hydrogen-bond donors (Lipinski definition) is 1. The normalized spacial score (nSPS) is 10.1. The van der Waals surface area contributed by atoms with E-state index in [9.17, 15) is 14.9 Å². The summed E-state index contributed by atoms with van der Waals surface area (Å²) in [7, 11) is 0. The van der Waals surface area contributed by atoms with E-state index in [2.05, 4.69) is 0 Å². The Morgan fingerprint density at radius 3 is 2.72 bits per heavy atom. The smallest absolute Gasteiger partial charge is 0.323 e. The maximum atomic E-state index is 11.0. The average molecular weight is 364 g/mol. The molecule has 0 aromatic heterocycles. The van der Waals surface area contributed by atoms with Gasteiger partial charge in [0.25, 0.3) is 5.69 Å². The fourth-order valence-corrected chi connectivity index (χ4v) is 2.10. The number of halogens is 1. The number of anilines is 1. The first-order valence-corrected chi connectivity index (χ1v) is 6.44. The van der Waals surface area contributed by atoms with Crippen molar-refractivity contribution >= 4 is 39.9 Å². The predicted molar refractivity (Wildman–Crippen MR) is 76.0 cm³/mol. The van der Waals surface area contributed by atoms with Crippen molar-refractivity contribution in [1.29, 1.82) is 0 Å². The van der Waals surface area contributed by atoms with Crippen molar-refractivity contribution in [1.82, 2.24) is 0 Å². The van der Waals surface area contributed by atoms with Gasteiger partial charge in [0.2, 0.25) is 0 Å². The number of carbonyl (C=O) groups is 1. The number of benzene rings is 1. The maximum absolute atomic E-state index is 11.0. The lowest BCUT2D eigenvalue weighted by atomic mass is 10.2. The highest BCUT2D eigenvalue weighted by Gasteiger charge is 2.20. The second kappa shape index (κ2) is 6.53. The minimum absolute atomic E-state index is 0.0587. The van der Waals surface area contributed by atoms with E-state index < -0.39 is 10.9 Å². The summed E-state index contributed by atoms with van der Waals surface area (Å²) in [5.74, 6) is -1.00. The van der Waals surface area contributed by atoms with Crippen LogP contribution in [0.15, 0.2) is 18.2 Å². The van der Waals surface area contributed by atoms with Gasteiger partial charge >= 0.3 is 5.97 Å². The first-order valence-electron chi connectivity index (χ1n) is 5.36. The van der Waals surface area contributed by atoms with Gasteiger partial charge in [-0.1, -0.05) is 6.92 Å². The molecule has 1 rings (SSSR count). The summed E-state index contributed by atoms with van der Waals surface area (Å²) < 4.78 is 0.745. The Labute approximate surface area is 118 Å². The second-order valence-corrected chi connectivity index (χ2v) is 4.95. The topological polar surface area (TPSA) is 83.7 Å². The van der Waals surface area contributed by atoms with E-state index in [1.807, 2.05) is 29.5 Å². The molecule has 0 saturated carbocycles. The molecule has 7 heteroatoms. The molecule has 0 amide bonds. The Morgan fingerprint density at radius 1 is 1.56 bits per heavy atom. The SMILES string of the molecule is CCCN(CC(=O)O)c1ccc(I)cc1[N+](=O)[O-]. The Hall–Kier alpha value is -1.38. The number of aliphatic carboxylic acids is 1. The van der Waals surface area contributed by atoms with Gasteiger partial charge < -0.3 is 10.0 Å². The van der Waals surface area contributed by atoms with Gasteiger partial charge in [-0.2, -0.15) is 0 Å². The monoisotopic (exact) mass is 364 g/mol. The van der Waals surface area contributed by atoms with E-state index in [0.29, 0.717) is 12.2 Å². The number of nitro benzene ring substituents is 1. The molecule has 18 heavy (non-hydrogen) atoms. The molecule has 0 aliphatic carbocycles. The highest BCUT2D eigenvalue weighted by atomic mass is 127. The molecule has 1 aromatic rings. The van der Waals surface area contributed by atoms with Gasteiger partial charge in [-0.15, -0.1) is 0 Å². The fraction of sp³-hybridized carbons (Fsp3) is 0.364. The van der Waals surface area contributed by atoms with E-state index in [4.69, 9.17) is 5.11 Å². The van der Waals surface area contributed by atoms with Crippen LogP contribution in [0.2, 0.25) is 0 Å². The van der Waals surface area contributed by atoms with Crippen molar-refractivity contribution in [2.75, 3.05) is 18.0 Å². The van der Waals surface area contributed by atoms with E-state index in [1.54, 1.807) is 12.1 Å². The summed E-state index contributed by atoms with van der Waals surface area (Å²) in [5.41, 5.74) is 0.293. The molecule has 0 radical (unpaired) electrons. The quantitative estimate of drug-likeness (QED) is 0.476. The lowest BCUT2D eigenvalue weighted by Gasteiger charge is -2.21. The Morgan fingerprint density at radius 2 is 2.22 bits per heavy atom. The third kappa shape index (κ3) is 3.83. The summed E-state index contributed by atoms with van der Waals surface area (Å²) in [4.78, 5) is 22.8. The van der Waals surface area contributed by atoms with Crippen LogP contribution in [0.4, 0.5) is 11.4 Å². The van der Waals surface area contributed by atoms with Crippen LogP contribution < -0.4 is 4.90 Å². The van der Waals surface area contributed by atoms with Crippen molar-refractivity contribution in [2.45, 2.75) is 13.3 Å². The highest BCUT2D eigenvalue weighted by molar-refractivity contribution is 14.1. The molecule has 1 N–H and O–H groups in total. The van der Waals surface area contributed by atoms with E-state index >= 15 is 0 Å². The van der Waals surface area contributed by atoms with Gasteiger partial charge in [0, 0.05) is 16.2 Å². The molecule has 1 aromatic carbocycles. The molecule has 0 fully saturated rings. The molecule has 0 aliphatic heterocycles. The summed E-state index contributed by atoms with van der Waals surface area (Å²) in [6, 6.07) is 4.77. The zero-order chi connectivity index (χ0) is 13.7. The third-order valence-corrected chi connectivity index (χ3v) is 2.97. The van der Waals surface area contributed by atoms with Crippen LogP contribution in [0.5, 0.6) is 0 Å². The molecule has 0 heterocycles. The minimum atomic E-state index is -1.00. The number of carboxylic acid groups (broad SMARTS) is 1. The summed E-state index contributed by atoms with van der Waals surface area (Å²) in [6.45, 7) is 2.12. The number of rotatable bonds is 6. The molecule has 0 unspecified atom stereocenters. The molecular weight excluding hydrogens is 351 g/mol. The number of nitrogens with zero attached hydrogens (tertiary/aromatic N) is 2. The van der Waals surface area contributed by atoms with Crippen LogP contribution in [0, 0.1) is 13.7 Å². The second-order valence-electron chi connectivity index (χ2n) is 3.71. The van der Waals surface area contributed by atoms with Gasteiger partial charge in [-0.05, 0) is 41.1 Å². The standard InChI is InChI=1S/C11H13IN2O4/c1-2-5-13(7-11(15)16)9-4-3-8(12)6-10(9)14(17)18/h3-4,6H,2,5,7H2,1H3,(H,15,16). The van der Waals surface area contributed by atoms with Crippen LogP contribution in [0.1, 0.15) is 13.3 Å². The van der Waals surface area contributed by atoms with Crippen molar-refractivity contribution < 1.29 is 14.8 Å². The average Bonchev–Trinajstić information content (AvgIpc) is 2.27. The molecule has 0 bridgehead atoms. The molecule has 0 saturated heterocycles. The maximum Gasteiger partial charge on any atom is 0.323 e. The molecule has 6 nitrogen and oxygen atoms in total. The zero-order valence-electron chi connectivity index (χ0n) is 9.80. The molecule has 0 atom stereocenters. The summed E-state index contributed by atoms with van der Waals surface area (Å²) in [6.07, 6.45) is 0.719. The van der Waals surface area contributed by atoms with Gasteiger partial charge in [0.1, 0.15) is 12.2 Å². The van der Waals surface area contributed by atoms with Crippen LogP contribution in [-0.4, -0.2) is 29.1 Å². The van der Waals surface area contributed by atoms with Crippen LogP contribution in [0.25, 0.3) is 0 Å². The lowest BCUT2D eigenvalue weighted by molar-refractivity contribution is -0.384. The highest BCUT2D eigenvalue weighted by Crippen LogP contribution is 2.29. The number of hydrogen-bond acceptors (Lipinski definition) is 4. The minimum Gasteiger partial charge on any atom is -0.480 e. The molecule has 0 spiro atoms. The van der Waals surface area contributed by atoms with Gasteiger partial charge in [-0.25, -0.2) is 0 Å². The first-order chi connectivity index (χ1) is 8.45. The van der Waals surface area contributed by atoms with Crippen molar-refractivity contribution in [3.05, 3.63) is 31.9 Å². The van der Waals surface area contributed by atoms with Gasteiger partial charge in [-0.3, -0.25) is 14.9 Å². The van der Waals surface area contributed by atoms with Gasteiger partial charge in [0.15, 0.2) is 0 Å². The van der Waals surface area contributed by atoms with E-state index in [-0.39, 0.29) is 12.2 Å².